The van der Waals surface area contributed by atoms with Crippen LogP contribution in [0.4, 0.5) is 0 Å². The third kappa shape index (κ3) is 3.05. The highest BCUT2D eigenvalue weighted by Gasteiger charge is 2.27. The van der Waals surface area contributed by atoms with E-state index in [-0.39, 0.29) is 0 Å². The molecule has 0 spiro atoms. The van der Waals surface area contributed by atoms with Gasteiger partial charge in [0.05, 0.1) is 11.7 Å². The van der Waals surface area contributed by atoms with E-state index in [9.17, 15) is 0 Å². The second-order valence-electron chi connectivity index (χ2n) is 6.16. The van der Waals surface area contributed by atoms with Crippen molar-refractivity contribution in [1.29, 1.82) is 0 Å². The molecule has 24 heavy (non-hydrogen) atoms. The standard InChI is InChI=1S/C18H20N6/c1-14-20-10-15(11-21-14)12-23-8-3-5-17(23)16-4-2-6-18(22-16)24-9-7-19-13-24/h2,4,6-7,9-11,13,17H,3,5,8,12H2,1H3. The number of pyridine rings is 1. The topological polar surface area (TPSA) is 59.7 Å². The Hall–Kier alpha value is -2.60. The van der Waals surface area contributed by atoms with E-state index in [2.05, 4.69) is 32.0 Å². The summed E-state index contributed by atoms with van der Waals surface area (Å²) in [6, 6.07) is 6.55. The molecule has 0 aliphatic carbocycles. The second-order valence-corrected chi connectivity index (χ2v) is 6.16. The fraction of sp³-hybridized carbons (Fsp3) is 0.333. The van der Waals surface area contributed by atoms with Crippen LogP contribution in [0.3, 0.4) is 0 Å². The number of likely N-dealkylation sites (tertiary alicyclic amines) is 1. The lowest BCUT2D eigenvalue weighted by Crippen LogP contribution is -2.24. The Kier molecular flexibility index (Phi) is 4.04. The molecule has 0 radical (unpaired) electrons. The van der Waals surface area contributed by atoms with Crippen molar-refractivity contribution in [1.82, 2.24) is 29.4 Å². The largest absolute Gasteiger partial charge is 0.291 e. The van der Waals surface area contributed by atoms with Gasteiger partial charge in [0.25, 0.3) is 0 Å². The molecule has 0 N–H and O–H groups in total. The number of hydrogen-bond acceptors (Lipinski definition) is 5. The van der Waals surface area contributed by atoms with Crippen molar-refractivity contribution in [2.24, 2.45) is 0 Å². The Labute approximate surface area is 141 Å². The zero-order chi connectivity index (χ0) is 16.4. The first kappa shape index (κ1) is 15.0. The summed E-state index contributed by atoms with van der Waals surface area (Å²) in [7, 11) is 0. The molecule has 3 aromatic heterocycles. The third-order valence-corrected chi connectivity index (χ3v) is 4.45. The summed E-state index contributed by atoms with van der Waals surface area (Å²) in [5.41, 5.74) is 2.27. The maximum atomic E-state index is 4.85. The number of aromatic nitrogens is 5. The summed E-state index contributed by atoms with van der Waals surface area (Å²) < 4.78 is 1.94. The van der Waals surface area contributed by atoms with Gasteiger partial charge in [0.15, 0.2) is 0 Å². The Morgan fingerprint density at radius 1 is 1.21 bits per heavy atom. The van der Waals surface area contributed by atoms with Crippen LogP contribution in [0.25, 0.3) is 5.82 Å². The summed E-state index contributed by atoms with van der Waals surface area (Å²) in [4.78, 5) is 20.0. The molecule has 6 heteroatoms. The predicted molar refractivity (Wildman–Crippen MR) is 90.5 cm³/mol. The molecule has 4 rings (SSSR count). The molecule has 0 amide bonds. The van der Waals surface area contributed by atoms with Crippen LogP contribution in [0.15, 0.2) is 49.3 Å². The highest BCUT2D eigenvalue weighted by molar-refractivity contribution is 5.26. The monoisotopic (exact) mass is 320 g/mol. The van der Waals surface area contributed by atoms with Crippen molar-refractivity contribution in [3.8, 4) is 5.82 Å². The van der Waals surface area contributed by atoms with Gasteiger partial charge >= 0.3 is 0 Å². The van der Waals surface area contributed by atoms with E-state index in [1.807, 2.05) is 36.1 Å². The smallest absolute Gasteiger partial charge is 0.138 e. The SMILES string of the molecule is Cc1ncc(CN2CCCC2c2cccc(-n3ccnc3)n2)cn1. The van der Waals surface area contributed by atoms with E-state index in [0.717, 1.165) is 42.4 Å². The summed E-state index contributed by atoms with van der Waals surface area (Å²) in [6.45, 7) is 3.85. The highest BCUT2D eigenvalue weighted by Crippen LogP contribution is 2.32. The molecule has 0 aromatic carbocycles. The molecule has 1 saturated heterocycles. The summed E-state index contributed by atoms with van der Waals surface area (Å²) >= 11 is 0. The van der Waals surface area contributed by atoms with Crippen LogP contribution in [0.5, 0.6) is 0 Å². The molecule has 4 heterocycles. The minimum Gasteiger partial charge on any atom is -0.291 e. The van der Waals surface area contributed by atoms with Crippen molar-refractivity contribution in [3.63, 3.8) is 0 Å². The van der Waals surface area contributed by atoms with Gasteiger partial charge in [-0.05, 0) is 38.4 Å². The lowest BCUT2D eigenvalue weighted by molar-refractivity contribution is 0.244. The van der Waals surface area contributed by atoms with Crippen LogP contribution < -0.4 is 0 Å². The Morgan fingerprint density at radius 2 is 2.08 bits per heavy atom. The quantitative estimate of drug-likeness (QED) is 0.740. The van der Waals surface area contributed by atoms with Crippen molar-refractivity contribution in [3.05, 3.63) is 66.4 Å². The fourth-order valence-corrected chi connectivity index (χ4v) is 3.25. The van der Waals surface area contributed by atoms with Gasteiger partial charge in [-0.2, -0.15) is 0 Å². The number of nitrogens with zero attached hydrogens (tertiary/aromatic N) is 6. The first-order valence-electron chi connectivity index (χ1n) is 8.26. The molecule has 6 nitrogen and oxygen atoms in total. The molecule has 1 fully saturated rings. The van der Waals surface area contributed by atoms with E-state index < -0.39 is 0 Å². The van der Waals surface area contributed by atoms with Gasteiger partial charge in [0.1, 0.15) is 18.0 Å². The van der Waals surface area contributed by atoms with Crippen LogP contribution in [-0.4, -0.2) is 35.9 Å². The maximum absolute atomic E-state index is 4.85. The van der Waals surface area contributed by atoms with Crippen molar-refractivity contribution in [2.45, 2.75) is 32.4 Å². The minimum absolute atomic E-state index is 0.342. The minimum atomic E-state index is 0.342. The molecule has 122 valence electrons. The van der Waals surface area contributed by atoms with Gasteiger partial charge in [-0.15, -0.1) is 0 Å². The van der Waals surface area contributed by atoms with Crippen LogP contribution >= 0.6 is 0 Å². The van der Waals surface area contributed by atoms with Gasteiger partial charge in [-0.3, -0.25) is 9.47 Å². The number of hydrogen-bond donors (Lipinski definition) is 0. The molecular weight excluding hydrogens is 300 g/mol. The molecule has 0 saturated carbocycles. The maximum Gasteiger partial charge on any atom is 0.138 e. The molecule has 1 atom stereocenters. The average Bonchev–Trinajstić information content (AvgIpc) is 3.29. The number of imidazole rings is 1. The van der Waals surface area contributed by atoms with Crippen LogP contribution in [0.2, 0.25) is 0 Å². The van der Waals surface area contributed by atoms with Crippen molar-refractivity contribution < 1.29 is 0 Å². The molecule has 1 unspecified atom stereocenters. The van der Waals surface area contributed by atoms with Crippen molar-refractivity contribution >= 4 is 0 Å². The number of rotatable bonds is 4. The van der Waals surface area contributed by atoms with Crippen molar-refractivity contribution in [2.75, 3.05) is 6.54 Å². The normalized spacial score (nSPS) is 18.1. The van der Waals surface area contributed by atoms with E-state index in [4.69, 9.17) is 4.98 Å². The molecule has 1 aliphatic rings. The van der Waals surface area contributed by atoms with E-state index in [1.54, 1.807) is 12.5 Å². The second kappa shape index (κ2) is 6.49. The third-order valence-electron chi connectivity index (χ3n) is 4.45. The van der Waals surface area contributed by atoms with E-state index in [1.165, 1.54) is 6.42 Å². The van der Waals surface area contributed by atoms with E-state index >= 15 is 0 Å². The predicted octanol–water partition coefficient (Wildman–Crippen LogP) is 2.70. The first-order chi connectivity index (χ1) is 11.8. The van der Waals surface area contributed by atoms with Gasteiger partial charge < -0.3 is 0 Å². The highest BCUT2D eigenvalue weighted by atomic mass is 15.2. The Bertz CT molecular complexity index is 797. The lowest BCUT2D eigenvalue weighted by Gasteiger charge is -2.24. The van der Waals surface area contributed by atoms with Gasteiger partial charge in [-0.1, -0.05) is 6.07 Å². The molecule has 1 aliphatic heterocycles. The van der Waals surface area contributed by atoms with Crippen LogP contribution in [0.1, 0.15) is 36.0 Å². The lowest BCUT2D eigenvalue weighted by atomic mass is 10.1. The van der Waals surface area contributed by atoms with E-state index in [0.29, 0.717) is 6.04 Å². The average molecular weight is 320 g/mol. The van der Waals surface area contributed by atoms with Crippen LogP contribution in [0, 0.1) is 6.92 Å². The zero-order valence-electron chi connectivity index (χ0n) is 13.7. The van der Waals surface area contributed by atoms with Gasteiger partial charge in [-0.25, -0.2) is 19.9 Å². The fourth-order valence-electron chi connectivity index (χ4n) is 3.25. The number of aryl methyl sites for hydroxylation is 1. The molecular formula is C18H20N6. The summed E-state index contributed by atoms with van der Waals surface area (Å²) in [6.07, 6.45) is 11.6. The molecule has 3 aromatic rings. The van der Waals surface area contributed by atoms with Crippen LogP contribution in [-0.2, 0) is 6.54 Å². The van der Waals surface area contributed by atoms with Gasteiger partial charge in [0.2, 0.25) is 0 Å². The zero-order valence-corrected chi connectivity index (χ0v) is 13.7. The summed E-state index contributed by atoms with van der Waals surface area (Å²) in [5, 5.41) is 0. The first-order valence-corrected chi connectivity index (χ1v) is 8.26. The molecule has 0 bridgehead atoms. The Morgan fingerprint density at radius 3 is 2.88 bits per heavy atom. The summed E-state index contributed by atoms with van der Waals surface area (Å²) in [5.74, 6) is 1.72. The Balaban J connectivity index is 1.56. The van der Waals surface area contributed by atoms with Gasteiger partial charge in [0, 0.05) is 36.9 Å².